The smallest absolute Gasteiger partial charge is 0.343 e. The Bertz CT molecular complexity index is 1460. The van der Waals surface area contributed by atoms with Crippen LogP contribution in [0, 0.1) is 10.1 Å². The molecule has 0 atom stereocenters. The highest BCUT2D eigenvalue weighted by atomic mass is 16.6. The van der Waals surface area contributed by atoms with Gasteiger partial charge in [0.25, 0.3) is 11.6 Å². The van der Waals surface area contributed by atoms with Crippen molar-refractivity contribution in [3.8, 4) is 17.2 Å². The van der Waals surface area contributed by atoms with Gasteiger partial charge in [-0.25, -0.2) is 10.2 Å². The van der Waals surface area contributed by atoms with Gasteiger partial charge in [0.05, 0.1) is 23.3 Å². The molecular weight excluding hydrogens is 476 g/mol. The van der Waals surface area contributed by atoms with E-state index in [-0.39, 0.29) is 28.7 Å². The topological polar surface area (TPSA) is 125 Å². The fraction of sp³-hybridized carbons (Fsp3) is 0.0741. The molecule has 0 radical (unpaired) electrons. The summed E-state index contributed by atoms with van der Waals surface area (Å²) in [6.07, 6.45) is 3.83. The zero-order valence-electron chi connectivity index (χ0n) is 20.0. The zero-order chi connectivity index (χ0) is 26.4. The van der Waals surface area contributed by atoms with Crippen LogP contribution in [0.4, 0.5) is 5.69 Å². The van der Waals surface area contributed by atoms with Gasteiger partial charge >= 0.3 is 5.97 Å². The SMILES string of the molecule is COc1cc(/C(C)=N/NC(=O)c2ccc(-n3cccc3)cc2)ccc1OC(=O)c1ccc([N+](=O)[O-])cc1. The molecule has 0 bridgehead atoms. The number of hydrogen-bond acceptors (Lipinski definition) is 7. The van der Waals surface area contributed by atoms with Gasteiger partial charge in [-0.05, 0) is 73.7 Å². The van der Waals surface area contributed by atoms with Gasteiger partial charge in [-0.1, -0.05) is 0 Å². The first-order chi connectivity index (χ1) is 17.9. The molecule has 3 aromatic carbocycles. The van der Waals surface area contributed by atoms with Crippen LogP contribution >= 0.6 is 0 Å². The number of ether oxygens (including phenoxy) is 2. The minimum Gasteiger partial charge on any atom is -0.493 e. The van der Waals surface area contributed by atoms with Crippen LogP contribution in [0.1, 0.15) is 33.2 Å². The second-order valence-corrected chi connectivity index (χ2v) is 7.83. The van der Waals surface area contributed by atoms with Crippen LogP contribution < -0.4 is 14.9 Å². The van der Waals surface area contributed by atoms with Crippen molar-refractivity contribution in [2.24, 2.45) is 5.10 Å². The number of non-ortho nitro benzene ring substituents is 1. The van der Waals surface area contributed by atoms with Crippen LogP contribution in [0.3, 0.4) is 0 Å². The lowest BCUT2D eigenvalue weighted by atomic mass is 10.1. The zero-order valence-corrected chi connectivity index (χ0v) is 20.0. The molecule has 0 saturated heterocycles. The van der Waals surface area contributed by atoms with Crippen LogP contribution in [0.5, 0.6) is 11.5 Å². The maximum absolute atomic E-state index is 12.5. The van der Waals surface area contributed by atoms with Gasteiger partial charge in [0.15, 0.2) is 11.5 Å². The number of benzene rings is 3. The predicted octanol–water partition coefficient (Wildman–Crippen LogP) is 4.77. The van der Waals surface area contributed by atoms with Crippen LogP contribution in [0.15, 0.2) is 96.4 Å². The van der Waals surface area contributed by atoms with Crippen molar-refractivity contribution in [3.63, 3.8) is 0 Å². The molecule has 0 aliphatic rings. The fourth-order valence-electron chi connectivity index (χ4n) is 3.41. The summed E-state index contributed by atoms with van der Waals surface area (Å²) in [5.41, 5.74) is 5.09. The van der Waals surface area contributed by atoms with Gasteiger partial charge in [-0.3, -0.25) is 14.9 Å². The van der Waals surface area contributed by atoms with Crippen LogP contribution in [-0.2, 0) is 0 Å². The Hall–Kier alpha value is -5.25. The third kappa shape index (κ3) is 5.88. The minimum absolute atomic E-state index is 0.130. The molecule has 1 N–H and O–H groups in total. The Labute approximate surface area is 211 Å². The highest BCUT2D eigenvalue weighted by Gasteiger charge is 2.15. The van der Waals surface area contributed by atoms with Crippen molar-refractivity contribution in [2.45, 2.75) is 6.92 Å². The van der Waals surface area contributed by atoms with Gasteiger partial charge in [0.1, 0.15) is 0 Å². The molecule has 10 heteroatoms. The van der Waals surface area contributed by atoms with Gasteiger partial charge in [0.2, 0.25) is 0 Å². The lowest BCUT2D eigenvalue weighted by molar-refractivity contribution is -0.384. The Morgan fingerprint density at radius 2 is 1.51 bits per heavy atom. The Balaban J connectivity index is 1.42. The molecule has 0 aliphatic carbocycles. The minimum atomic E-state index is -0.693. The summed E-state index contributed by atoms with van der Waals surface area (Å²) in [7, 11) is 1.42. The van der Waals surface area contributed by atoms with E-state index in [1.54, 1.807) is 31.2 Å². The molecule has 0 fully saturated rings. The number of carbonyl (C=O) groups excluding carboxylic acids is 2. The first-order valence-electron chi connectivity index (χ1n) is 11.1. The molecule has 186 valence electrons. The molecule has 1 heterocycles. The van der Waals surface area contributed by atoms with E-state index in [2.05, 4.69) is 10.5 Å². The number of rotatable bonds is 8. The van der Waals surface area contributed by atoms with Gasteiger partial charge in [-0.15, -0.1) is 0 Å². The van der Waals surface area contributed by atoms with Gasteiger partial charge in [0, 0.05) is 41.3 Å². The van der Waals surface area contributed by atoms with Crippen molar-refractivity contribution in [1.82, 2.24) is 9.99 Å². The van der Waals surface area contributed by atoms with Crippen molar-refractivity contribution >= 4 is 23.3 Å². The van der Waals surface area contributed by atoms with Gasteiger partial charge < -0.3 is 14.0 Å². The number of nitro groups is 1. The molecular formula is C27H22N4O6. The molecule has 37 heavy (non-hydrogen) atoms. The van der Waals surface area contributed by atoms with Crippen LogP contribution in [0.2, 0.25) is 0 Å². The molecule has 0 aliphatic heterocycles. The molecule has 1 amide bonds. The average Bonchev–Trinajstić information content (AvgIpc) is 3.47. The molecule has 0 saturated carbocycles. The summed E-state index contributed by atoms with van der Waals surface area (Å²) in [6.45, 7) is 1.72. The first kappa shape index (κ1) is 24.9. The normalized spacial score (nSPS) is 11.0. The molecule has 0 unspecified atom stereocenters. The Morgan fingerprint density at radius 3 is 2.14 bits per heavy atom. The Kier molecular flexibility index (Phi) is 7.39. The van der Waals surface area contributed by atoms with Crippen molar-refractivity contribution < 1.29 is 24.0 Å². The summed E-state index contributed by atoms with van der Waals surface area (Å²) in [4.78, 5) is 35.2. The summed E-state index contributed by atoms with van der Waals surface area (Å²) < 4.78 is 12.7. The molecule has 4 aromatic rings. The summed E-state index contributed by atoms with van der Waals surface area (Å²) in [5, 5.41) is 15.0. The number of nitro benzene ring substituents is 1. The fourth-order valence-corrected chi connectivity index (χ4v) is 3.41. The number of amides is 1. The highest BCUT2D eigenvalue weighted by molar-refractivity contribution is 6.01. The second kappa shape index (κ2) is 11.0. The standard InChI is InChI=1S/C27H22N4O6/c1-18(28-29-26(32)19-5-10-22(11-6-19)30-15-3-4-16-30)21-9-14-24(25(17-21)36-2)37-27(33)20-7-12-23(13-8-20)31(34)35/h3-17H,1-2H3,(H,29,32)/b28-18+. The van der Waals surface area contributed by atoms with E-state index >= 15 is 0 Å². The molecule has 10 nitrogen and oxygen atoms in total. The summed E-state index contributed by atoms with van der Waals surface area (Å²) >= 11 is 0. The van der Waals surface area contributed by atoms with E-state index in [9.17, 15) is 19.7 Å². The number of nitrogens with zero attached hydrogens (tertiary/aromatic N) is 3. The lowest BCUT2D eigenvalue weighted by Crippen LogP contribution is -2.19. The maximum Gasteiger partial charge on any atom is 0.343 e. The highest BCUT2D eigenvalue weighted by Crippen LogP contribution is 2.29. The molecule has 1 aromatic heterocycles. The third-order valence-corrected chi connectivity index (χ3v) is 5.46. The average molecular weight is 498 g/mol. The molecule has 4 rings (SSSR count). The monoisotopic (exact) mass is 498 g/mol. The van der Waals surface area contributed by atoms with Crippen LogP contribution in [0.25, 0.3) is 5.69 Å². The largest absolute Gasteiger partial charge is 0.493 e. The van der Waals surface area contributed by atoms with Crippen molar-refractivity contribution in [2.75, 3.05) is 7.11 Å². The van der Waals surface area contributed by atoms with E-state index < -0.39 is 10.9 Å². The lowest BCUT2D eigenvalue weighted by Gasteiger charge is -2.11. The van der Waals surface area contributed by atoms with E-state index in [1.165, 1.54) is 37.4 Å². The van der Waals surface area contributed by atoms with Crippen molar-refractivity contribution in [1.29, 1.82) is 0 Å². The number of methoxy groups -OCH3 is 1. The number of hydrogen-bond donors (Lipinski definition) is 1. The van der Waals surface area contributed by atoms with E-state index in [0.717, 1.165) is 5.69 Å². The second-order valence-electron chi connectivity index (χ2n) is 7.83. The quantitative estimate of drug-likeness (QED) is 0.123. The van der Waals surface area contributed by atoms with E-state index in [4.69, 9.17) is 9.47 Å². The van der Waals surface area contributed by atoms with E-state index in [1.807, 2.05) is 41.2 Å². The number of hydrazone groups is 1. The number of esters is 1. The summed E-state index contributed by atoms with van der Waals surface area (Å²) in [5.74, 6) is -0.621. The molecule has 0 spiro atoms. The number of carbonyl (C=O) groups is 2. The van der Waals surface area contributed by atoms with Crippen molar-refractivity contribution in [3.05, 3.63) is 118 Å². The van der Waals surface area contributed by atoms with E-state index in [0.29, 0.717) is 16.8 Å². The first-order valence-corrected chi connectivity index (χ1v) is 11.1. The van der Waals surface area contributed by atoms with Crippen LogP contribution in [-0.4, -0.2) is 34.2 Å². The third-order valence-electron chi connectivity index (χ3n) is 5.46. The summed E-state index contributed by atoms with van der Waals surface area (Å²) in [6, 6.07) is 20.9. The number of nitrogens with one attached hydrogen (secondary N) is 1. The Morgan fingerprint density at radius 1 is 0.892 bits per heavy atom. The predicted molar refractivity (Wildman–Crippen MR) is 136 cm³/mol. The maximum atomic E-state index is 12.5. The number of aromatic nitrogens is 1. The van der Waals surface area contributed by atoms with Gasteiger partial charge in [-0.2, -0.15) is 5.10 Å².